The predicted octanol–water partition coefficient (Wildman–Crippen LogP) is 1.38. The van der Waals surface area contributed by atoms with E-state index < -0.39 is 0 Å². The highest BCUT2D eigenvalue weighted by molar-refractivity contribution is 6.02. The summed E-state index contributed by atoms with van der Waals surface area (Å²) in [7, 11) is 1.80. The zero-order valence-electron chi connectivity index (χ0n) is 9.14. The van der Waals surface area contributed by atoms with E-state index in [0.29, 0.717) is 11.4 Å². The van der Waals surface area contributed by atoms with Crippen molar-refractivity contribution in [3.8, 4) is 0 Å². The van der Waals surface area contributed by atoms with Crippen LogP contribution in [0.2, 0.25) is 0 Å². The molecule has 0 spiro atoms. The third kappa shape index (κ3) is 2.08. The van der Waals surface area contributed by atoms with E-state index in [9.17, 15) is 4.79 Å². The third-order valence-corrected chi connectivity index (χ3v) is 2.27. The summed E-state index contributed by atoms with van der Waals surface area (Å²) in [6, 6.07) is 5.28. The van der Waals surface area contributed by atoms with Crippen LogP contribution in [0.25, 0.3) is 0 Å². The van der Waals surface area contributed by atoms with Crippen LogP contribution in [0.1, 0.15) is 16.2 Å². The number of nitrogens with one attached hydrogen (secondary N) is 1. The van der Waals surface area contributed by atoms with Gasteiger partial charge in [0, 0.05) is 18.9 Å². The number of pyridine rings is 1. The Morgan fingerprint density at radius 3 is 2.88 bits per heavy atom. The van der Waals surface area contributed by atoms with Crippen molar-refractivity contribution in [2.45, 2.75) is 6.92 Å². The van der Waals surface area contributed by atoms with Gasteiger partial charge in [-0.1, -0.05) is 0 Å². The first kappa shape index (κ1) is 10.4. The average molecular weight is 216 g/mol. The fourth-order valence-electron chi connectivity index (χ4n) is 1.30. The molecule has 0 aliphatic heterocycles. The normalized spacial score (nSPS) is 10.1. The number of aryl methyl sites for hydroxylation is 2. The van der Waals surface area contributed by atoms with E-state index in [0.717, 1.165) is 5.69 Å². The van der Waals surface area contributed by atoms with Crippen molar-refractivity contribution in [2.75, 3.05) is 5.32 Å². The molecule has 2 heterocycles. The van der Waals surface area contributed by atoms with Gasteiger partial charge in [-0.15, -0.1) is 0 Å². The first-order valence-corrected chi connectivity index (χ1v) is 4.89. The number of anilines is 1. The first-order chi connectivity index (χ1) is 7.66. The molecule has 1 amide bonds. The van der Waals surface area contributed by atoms with E-state index in [1.807, 2.05) is 6.92 Å². The SMILES string of the molecule is Cc1cc(C(=O)Nc2cccnc2)nn1C. The van der Waals surface area contributed by atoms with Gasteiger partial charge < -0.3 is 5.32 Å². The van der Waals surface area contributed by atoms with Crippen LogP contribution in [0.3, 0.4) is 0 Å². The molecular weight excluding hydrogens is 204 g/mol. The minimum atomic E-state index is -0.225. The van der Waals surface area contributed by atoms with Crippen molar-refractivity contribution in [1.82, 2.24) is 14.8 Å². The molecule has 0 fully saturated rings. The van der Waals surface area contributed by atoms with Crippen LogP contribution in [0.15, 0.2) is 30.6 Å². The zero-order valence-corrected chi connectivity index (χ0v) is 9.14. The largest absolute Gasteiger partial charge is 0.319 e. The fourth-order valence-corrected chi connectivity index (χ4v) is 1.30. The van der Waals surface area contributed by atoms with Gasteiger partial charge in [0.15, 0.2) is 5.69 Å². The number of amides is 1. The second-order valence-electron chi connectivity index (χ2n) is 3.49. The standard InChI is InChI=1S/C11H12N4O/c1-8-6-10(14-15(8)2)11(16)13-9-4-3-5-12-7-9/h3-7H,1-2H3,(H,13,16). The molecule has 0 aliphatic carbocycles. The number of hydrogen-bond acceptors (Lipinski definition) is 3. The number of rotatable bonds is 2. The summed E-state index contributed by atoms with van der Waals surface area (Å²) >= 11 is 0. The smallest absolute Gasteiger partial charge is 0.276 e. The highest BCUT2D eigenvalue weighted by atomic mass is 16.1. The Labute approximate surface area is 93.1 Å². The average Bonchev–Trinajstić information content (AvgIpc) is 2.61. The zero-order chi connectivity index (χ0) is 11.5. The summed E-state index contributed by atoms with van der Waals surface area (Å²) in [4.78, 5) is 15.7. The van der Waals surface area contributed by atoms with Gasteiger partial charge in [0.25, 0.3) is 5.91 Å². The monoisotopic (exact) mass is 216 g/mol. The molecule has 2 aromatic heterocycles. The Morgan fingerprint density at radius 2 is 2.31 bits per heavy atom. The second kappa shape index (κ2) is 4.14. The molecular formula is C11H12N4O. The summed E-state index contributed by atoms with van der Waals surface area (Å²) in [6.07, 6.45) is 3.24. The quantitative estimate of drug-likeness (QED) is 0.824. The van der Waals surface area contributed by atoms with Crippen molar-refractivity contribution in [1.29, 1.82) is 0 Å². The molecule has 0 atom stereocenters. The van der Waals surface area contributed by atoms with Gasteiger partial charge in [-0.25, -0.2) is 0 Å². The Kier molecular flexibility index (Phi) is 2.68. The van der Waals surface area contributed by atoms with Gasteiger partial charge in [-0.3, -0.25) is 14.5 Å². The van der Waals surface area contributed by atoms with Gasteiger partial charge in [-0.05, 0) is 25.1 Å². The van der Waals surface area contributed by atoms with E-state index in [2.05, 4.69) is 15.4 Å². The van der Waals surface area contributed by atoms with Crippen molar-refractivity contribution >= 4 is 11.6 Å². The lowest BCUT2D eigenvalue weighted by atomic mass is 10.3. The molecule has 0 aliphatic rings. The van der Waals surface area contributed by atoms with Gasteiger partial charge in [-0.2, -0.15) is 5.10 Å². The van der Waals surface area contributed by atoms with E-state index in [1.165, 1.54) is 0 Å². The molecule has 82 valence electrons. The Bertz CT molecular complexity index is 484. The molecule has 0 aromatic carbocycles. The van der Waals surface area contributed by atoms with Gasteiger partial charge in [0.2, 0.25) is 0 Å². The number of hydrogen-bond donors (Lipinski definition) is 1. The van der Waals surface area contributed by atoms with E-state index in [-0.39, 0.29) is 5.91 Å². The van der Waals surface area contributed by atoms with Crippen molar-refractivity contribution in [3.05, 3.63) is 42.0 Å². The molecule has 0 bridgehead atoms. The lowest BCUT2D eigenvalue weighted by Gasteiger charge is -2.00. The lowest BCUT2D eigenvalue weighted by Crippen LogP contribution is -2.13. The van der Waals surface area contributed by atoms with Crippen LogP contribution in [0.4, 0.5) is 5.69 Å². The van der Waals surface area contributed by atoms with E-state index in [1.54, 1.807) is 42.3 Å². The Morgan fingerprint density at radius 1 is 1.50 bits per heavy atom. The van der Waals surface area contributed by atoms with Crippen LogP contribution >= 0.6 is 0 Å². The van der Waals surface area contributed by atoms with Gasteiger partial charge in [0.1, 0.15) is 0 Å². The van der Waals surface area contributed by atoms with Gasteiger partial charge in [0.05, 0.1) is 11.9 Å². The van der Waals surface area contributed by atoms with Crippen LogP contribution in [0.5, 0.6) is 0 Å². The lowest BCUT2D eigenvalue weighted by molar-refractivity contribution is 0.102. The second-order valence-corrected chi connectivity index (χ2v) is 3.49. The molecule has 1 N–H and O–H groups in total. The van der Waals surface area contributed by atoms with Crippen molar-refractivity contribution in [3.63, 3.8) is 0 Å². The van der Waals surface area contributed by atoms with Crippen LogP contribution in [-0.2, 0) is 7.05 Å². The summed E-state index contributed by atoms with van der Waals surface area (Å²) in [5.74, 6) is -0.225. The molecule has 5 heteroatoms. The number of aromatic nitrogens is 3. The van der Waals surface area contributed by atoms with Crippen molar-refractivity contribution in [2.24, 2.45) is 7.05 Å². The highest BCUT2D eigenvalue weighted by Crippen LogP contribution is 2.07. The maximum atomic E-state index is 11.8. The first-order valence-electron chi connectivity index (χ1n) is 4.89. The third-order valence-electron chi connectivity index (χ3n) is 2.27. The fraction of sp³-hybridized carbons (Fsp3) is 0.182. The summed E-state index contributed by atoms with van der Waals surface area (Å²) in [6.45, 7) is 1.90. The number of nitrogens with zero attached hydrogens (tertiary/aromatic N) is 3. The molecule has 0 radical (unpaired) electrons. The number of carbonyl (C=O) groups is 1. The molecule has 2 rings (SSSR count). The predicted molar refractivity (Wildman–Crippen MR) is 60.1 cm³/mol. The minimum absolute atomic E-state index is 0.225. The molecule has 0 saturated carbocycles. The molecule has 2 aromatic rings. The molecule has 5 nitrogen and oxygen atoms in total. The van der Waals surface area contributed by atoms with Crippen molar-refractivity contribution < 1.29 is 4.79 Å². The molecule has 0 saturated heterocycles. The van der Waals surface area contributed by atoms with Crippen LogP contribution < -0.4 is 5.32 Å². The van der Waals surface area contributed by atoms with Gasteiger partial charge >= 0.3 is 0 Å². The Balaban J connectivity index is 2.15. The van der Waals surface area contributed by atoms with Crippen LogP contribution in [-0.4, -0.2) is 20.7 Å². The van der Waals surface area contributed by atoms with Crippen LogP contribution in [0, 0.1) is 6.92 Å². The summed E-state index contributed by atoms with van der Waals surface area (Å²) < 4.78 is 1.66. The highest BCUT2D eigenvalue weighted by Gasteiger charge is 2.10. The number of carbonyl (C=O) groups excluding carboxylic acids is 1. The summed E-state index contributed by atoms with van der Waals surface area (Å²) in [5.41, 5.74) is 2.01. The minimum Gasteiger partial charge on any atom is -0.319 e. The molecule has 0 unspecified atom stereocenters. The topological polar surface area (TPSA) is 59.8 Å². The van der Waals surface area contributed by atoms with E-state index >= 15 is 0 Å². The molecule has 16 heavy (non-hydrogen) atoms. The van der Waals surface area contributed by atoms with E-state index in [4.69, 9.17) is 0 Å². The maximum absolute atomic E-state index is 11.8. The summed E-state index contributed by atoms with van der Waals surface area (Å²) in [5, 5.41) is 6.81. The Hall–Kier alpha value is -2.17. The maximum Gasteiger partial charge on any atom is 0.276 e.